The van der Waals surface area contributed by atoms with Gasteiger partial charge in [-0.1, -0.05) is 36.4 Å². The Bertz CT molecular complexity index is 911. The summed E-state index contributed by atoms with van der Waals surface area (Å²) in [5.74, 6) is 2.03. The molecule has 158 valence electrons. The summed E-state index contributed by atoms with van der Waals surface area (Å²) in [5.41, 5.74) is 4.13. The topological polar surface area (TPSA) is 38.8 Å². The van der Waals surface area contributed by atoms with Crippen molar-refractivity contribution in [3.05, 3.63) is 70.8 Å². The number of likely N-dealkylation sites (tertiary alicyclic amines) is 1. The molecule has 30 heavy (non-hydrogen) atoms. The van der Waals surface area contributed by atoms with Crippen molar-refractivity contribution in [3.8, 4) is 11.5 Å². The Morgan fingerprint density at radius 2 is 1.67 bits per heavy atom. The van der Waals surface area contributed by atoms with Gasteiger partial charge in [0.05, 0.1) is 13.2 Å². The smallest absolute Gasteiger partial charge is 0.189 e. The van der Waals surface area contributed by atoms with E-state index in [1.165, 1.54) is 5.56 Å². The van der Waals surface area contributed by atoms with Crippen LogP contribution in [0.25, 0.3) is 0 Å². The van der Waals surface area contributed by atoms with E-state index >= 15 is 0 Å². The molecule has 4 rings (SSSR count). The Kier molecular flexibility index (Phi) is 6.53. The maximum Gasteiger partial charge on any atom is 0.189 e. The second-order valence-electron chi connectivity index (χ2n) is 8.12. The van der Waals surface area contributed by atoms with E-state index in [1.54, 1.807) is 0 Å². The Morgan fingerprint density at radius 3 is 2.33 bits per heavy atom. The molecule has 4 nitrogen and oxygen atoms in total. The zero-order valence-electron chi connectivity index (χ0n) is 18.0. The van der Waals surface area contributed by atoms with Gasteiger partial charge in [-0.2, -0.15) is 0 Å². The van der Waals surface area contributed by atoms with Crippen LogP contribution in [0.5, 0.6) is 11.5 Å². The number of hydrogen-bond acceptors (Lipinski definition) is 4. The lowest BCUT2D eigenvalue weighted by Gasteiger charge is -2.30. The largest absolute Gasteiger partial charge is 0.490 e. The summed E-state index contributed by atoms with van der Waals surface area (Å²) in [4.78, 5) is 15.5. The van der Waals surface area contributed by atoms with Crippen LogP contribution in [0, 0.1) is 5.92 Å². The number of ether oxygens (including phenoxy) is 2. The second kappa shape index (κ2) is 9.48. The number of carbonyl (C=O) groups excluding carboxylic acids is 1. The van der Waals surface area contributed by atoms with Gasteiger partial charge < -0.3 is 9.47 Å². The molecule has 0 bridgehead atoms. The van der Waals surface area contributed by atoms with E-state index in [0.29, 0.717) is 31.3 Å². The fourth-order valence-electron chi connectivity index (χ4n) is 4.49. The Hall–Kier alpha value is -2.59. The normalized spacial score (nSPS) is 18.6. The Balaban J connectivity index is 1.41. The van der Waals surface area contributed by atoms with Crippen LogP contribution in [0.1, 0.15) is 48.2 Å². The van der Waals surface area contributed by atoms with Crippen LogP contribution in [0.2, 0.25) is 0 Å². The van der Waals surface area contributed by atoms with Gasteiger partial charge in [-0.05, 0) is 69.0 Å². The number of carbonyl (C=O) groups is 1. The lowest BCUT2D eigenvalue weighted by molar-refractivity contribution is 0.103. The zero-order chi connectivity index (χ0) is 20.9. The molecule has 0 unspecified atom stereocenters. The van der Waals surface area contributed by atoms with Crippen molar-refractivity contribution in [2.24, 2.45) is 5.92 Å². The highest BCUT2D eigenvalue weighted by Crippen LogP contribution is 2.37. The molecule has 1 aliphatic carbocycles. The first-order valence-corrected chi connectivity index (χ1v) is 11.1. The van der Waals surface area contributed by atoms with Crippen LogP contribution < -0.4 is 9.47 Å². The molecule has 2 aliphatic rings. The third-order valence-electron chi connectivity index (χ3n) is 6.00. The Labute approximate surface area is 179 Å². The highest BCUT2D eigenvalue weighted by atomic mass is 16.5. The number of ketones is 1. The minimum absolute atomic E-state index is 0.153. The summed E-state index contributed by atoms with van der Waals surface area (Å²) in [5, 5.41) is 0. The molecule has 0 aromatic heterocycles. The molecule has 0 atom stereocenters. The van der Waals surface area contributed by atoms with Crippen LogP contribution in [0.3, 0.4) is 0 Å². The highest BCUT2D eigenvalue weighted by Gasteiger charge is 2.29. The molecule has 1 aliphatic heterocycles. The number of Topliss-reactive ketones (excluding diaryl/α,β-unsaturated/α-hetero) is 1. The van der Waals surface area contributed by atoms with Crippen molar-refractivity contribution in [3.63, 3.8) is 0 Å². The molecule has 1 heterocycles. The maximum atomic E-state index is 13.0. The van der Waals surface area contributed by atoms with Gasteiger partial charge in [-0.15, -0.1) is 0 Å². The number of benzene rings is 2. The fraction of sp³-hybridized carbons (Fsp3) is 0.423. The van der Waals surface area contributed by atoms with E-state index in [9.17, 15) is 4.79 Å². The van der Waals surface area contributed by atoms with E-state index in [1.807, 2.05) is 26.0 Å². The fourth-order valence-corrected chi connectivity index (χ4v) is 4.49. The van der Waals surface area contributed by atoms with E-state index in [0.717, 1.165) is 54.9 Å². The quantitative estimate of drug-likeness (QED) is 0.604. The van der Waals surface area contributed by atoms with Gasteiger partial charge in [-0.25, -0.2) is 0 Å². The summed E-state index contributed by atoms with van der Waals surface area (Å²) < 4.78 is 11.4. The van der Waals surface area contributed by atoms with Crippen LogP contribution >= 0.6 is 0 Å². The van der Waals surface area contributed by atoms with Gasteiger partial charge in [0.1, 0.15) is 0 Å². The zero-order valence-corrected chi connectivity index (χ0v) is 18.0. The number of hydrogen-bond donors (Lipinski definition) is 0. The minimum Gasteiger partial charge on any atom is -0.490 e. The third kappa shape index (κ3) is 4.59. The average molecular weight is 406 g/mol. The number of fused-ring (bicyclic) bond motifs is 1. The first-order chi connectivity index (χ1) is 14.7. The number of piperidine rings is 1. The summed E-state index contributed by atoms with van der Waals surface area (Å²) in [6, 6.07) is 14.5. The molecule has 4 heteroatoms. The molecule has 2 aromatic carbocycles. The van der Waals surface area contributed by atoms with E-state index in [-0.39, 0.29) is 5.78 Å². The number of allylic oxidation sites excluding steroid dienone is 2. The SMILES string of the molecule is CCOc1cc2c(cc1OCC)C(=O)C(=CC1CCN(Cc3ccccc3)CC1)C2. The van der Waals surface area contributed by atoms with Crippen LogP contribution in [0.4, 0.5) is 0 Å². The summed E-state index contributed by atoms with van der Waals surface area (Å²) in [6.07, 6.45) is 5.15. The van der Waals surface area contributed by atoms with Crippen molar-refractivity contribution in [2.45, 2.75) is 39.7 Å². The van der Waals surface area contributed by atoms with Gasteiger partial charge in [0, 0.05) is 24.1 Å². The monoisotopic (exact) mass is 405 g/mol. The highest BCUT2D eigenvalue weighted by molar-refractivity contribution is 6.13. The van der Waals surface area contributed by atoms with E-state index < -0.39 is 0 Å². The Morgan fingerprint density at radius 1 is 1.00 bits per heavy atom. The van der Waals surface area contributed by atoms with Gasteiger partial charge in [0.15, 0.2) is 17.3 Å². The summed E-state index contributed by atoms with van der Waals surface area (Å²) in [6.45, 7) is 8.20. The summed E-state index contributed by atoms with van der Waals surface area (Å²) in [7, 11) is 0. The van der Waals surface area contributed by atoms with Gasteiger partial charge >= 0.3 is 0 Å². The van der Waals surface area contributed by atoms with Crippen molar-refractivity contribution >= 4 is 5.78 Å². The molecule has 0 spiro atoms. The number of nitrogens with zero attached hydrogens (tertiary/aromatic N) is 1. The van der Waals surface area contributed by atoms with Crippen molar-refractivity contribution in [1.29, 1.82) is 0 Å². The van der Waals surface area contributed by atoms with Crippen molar-refractivity contribution < 1.29 is 14.3 Å². The first-order valence-electron chi connectivity index (χ1n) is 11.1. The van der Waals surface area contributed by atoms with Crippen LogP contribution in [-0.4, -0.2) is 37.0 Å². The lowest BCUT2D eigenvalue weighted by atomic mass is 9.93. The van der Waals surface area contributed by atoms with E-state index in [2.05, 4.69) is 41.3 Å². The molecule has 0 radical (unpaired) electrons. The molecule has 1 saturated heterocycles. The van der Waals surface area contributed by atoms with Crippen molar-refractivity contribution in [2.75, 3.05) is 26.3 Å². The molecule has 0 amide bonds. The minimum atomic E-state index is 0.153. The molecule has 2 aromatic rings. The lowest BCUT2D eigenvalue weighted by Crippen LogP contribution is -2.32. The van der Waals surface area contributed by atoms with E-state index in [4.69, 9.17) is 9.47 Å². The van der Waals surface area contributed by atoms with Gasteiger partial charge in [0.2, 0.25) is 0 Å². The van der Waals surface area contributed by atoms with Gasteiger partial charge in [-0.3, -0.25) is 9.69 Å². The molecular weight excluding hydrogens is 374 g/mol. The molecule has 0 N–H and O–H groups in total. The predicted octanol–water partition coefficient (Wildman–Crippen LogP) is 5.06. The third-order valence-corrected chi connectivity index (χ3v) is 6.00. The van der Waals surface area contributed by atoms with Gasteiger partial charge in [0.25, 0.3) is 0 Å². The average Bonchev–Trinajstić information content (AvgIpc) is 3.05. The molecule has 0 saturated carbocycles. The second-order valence-corrected chi connectivity index (χ2v) is 8.12. The van der Waals surface area contributed by atoms with Crippen LogP contribution in [-0.2, 0) is 13.0 Å². The number of rotatable bonds is 7. The molecular formula is C26H31NO3. The predicted molar refractivity (Wildman–Crippen MR) is 119 cm³/mol. The van der Waals surface area contributed by atoms with Crippen LogP contribution in [0.15, 0.2) is 54.1 Å². The summed E-state index contributed by atoms with van der Waals surface area (Å²) >= 11 is 0. The van der Waals surface area contributed by atoms with Crippen molar-refractivity contribution in [1.82, 2.24) is 4.90 Å². The standard InChI is InChI=1S/C26H31NO3/c1-3-29-24-16-21-15-22(26(28)23(21)17-25(24)30-4-2)14-19-10-12-27(13-11-19)18-20-8-6-5-7-9-20/h5-9,14,16-17,19H,3-4,10-13,15,18H2,1-2H3. The molecule has 1 fully saturated rings. The first kappa shape index (κ1) is 20.7. The maximum absolute atomic E-state index is 13.0.